The van der Waals surface area contributed by atoms with Crippen LogP contribution < -0.4 is 24.2 Å². The van der Waals surface area contributed by atoms with E-state index >= 15 is 0 Å². The molecule has 2 aromatic heterocycles. The summed E-state index contributed by atoms with van der Waals surface area (Å²) in [4.78, 5) is 24.6. The average molecular weight is 618 g/mol. The van der Waals surface area contributed by atoms with Crippen molar-refractivity contribution in [3.63, 3.8) is 0 Å². The monoisotopic (exact) mass is 617 g/mol. The Balaban J connectivity index is 1.55. The van der Waals surface area contributed by atoms with Crippen LogP contribution in [0.25, 0.3) is 0 Å². The lowest BCUT2D eigenvalue weighted by molar-refractivity contribution is 0.176. The molecule has 2 heterocycles. The van der Waals surface area contributed by atoms with E-state index in [2.05, 4.69) is 36.8 Å². The molecular formula is C31H31N5O7S. The van der Waals surface area contributed by atoms with Gasteiger partial charge in [0.2, 0.25) is 5.75 Å². The number of amides is 1. The fourth-order valence-corrected chi connectivity index (χ4v) is 4.60. The van der Waals surface area contributed by atoms with Gasteiger partial charge in [-0.05, 0) is 48.7 Å². The number of carbonyl (C=O) groups excluding carboxylic acids is 1. The van der Waals surface area contributed by atoms with Crippen molar-refractivity contribution in [2.75, 3.05) is 30.4 Å². The van der Waals surface area contributed by atoms with Gasteiger partial charge < -0.3 is 18.9 Å². The number of rotatable bonds is 11. The number of sulfonamides is 1. The maximum Gasteiger partial charge on any atom is 0.412 e. The molecule has 0 aliphatic heterocycles. The Morgan fingerprint density at radius 3 is 2.32 bits per heavy atom. The number of methoxy groups -OCH3 is 1. The maximum atomic E-state index is 13.3. The van der Waals surface area contributed by atoms with Crippen molar-refractivity contribution in [3.8, 4) is 35.0 Å². The molecule has 0 saturated heterocycles. The molecule has 0 aliphatic carbocycles. The number of carbonyl (C=O) groups is 1. The second-order valence-electron chi connectivity index (χ2n) is 9.41. The summed E-state index contributed by atoms with van der Waals surface area (Å²) >= 11 is 0. The van der Waals surface area contributed by atoms with E-state index in [1.807, 2.05) is 19.9 Å². The Kier molecular flexibility index (Phi) is 10.6. The lowest BCUT2D eigenvalue weighted by atomic mass is 10.1. The van der Waals surface area contributed by atoms with Crippen molar-refractivity contribution in [2.45, 2.75) is 31.7 Å². The molecule has 0 aliphatic rings. The van der Waals surface area contributed by atoms with E-state index in [0.29, 0.717) is 11.4 Å². The summed E-state index contributed by atoms with van der Waals surface area (Å²) in [7, 11) is -2.71. The summed E-state index contributed by atoms with van der Waals surface area (Å²) < 4.78 is 51.3. The largest absolute Gasteiger partial charge is 0.493 e. The molecule has 0 spiro atoms. The van der Waals surface area contributed by atoms with Crippen molar-refractivity contribution >= 4 is 27.6 Å². The molecule has 0 unspecified atom stereocenters. The van der Waals surface area contributed by atoms with Gasteiger partial charge in [-0.15, -0.1) is 0 Å². The predicted octanol–water partition coefficient (Wildman–Crippen LogP) is 5.54. The second-order valence-corrected chi connectivity index (χ2v) is 11.0. The zero-order valence-corrected chi connectivity index (χ0v) is 25.3. The number of pyridine rings is 1. The number of benzene rings is 2. The second kappa shape index (κ2) is 14.7. The summed E-state index contributed by atoms with van der Waals surface area (Å²) in [6.07, 6.45) is 0.856. The van der Waals surface area contributed by atoms with E-state index in [1.54, 1.807) is 61.5 Å². The average Bonchev–Trinajstić information content (AvgIpc) is 3.01. The summed E-state index contributed by atoms with van der Waals surface area (Å²) in [6, 6.07) is 18.7. The van der Waals surface area contributed by atoms with Crippen LogP contribution in [0, 0.1) is 18.8 Å². The number of nitrogens with one attached hydrogen (secondary N) is 2. The Morgan fingerprint density at radius 2 is 1.64 bits per heavy atom. The number of aryl methyl sites for hydroxylation is 1. The Morgan fingerprint density at radius 1 is 0.932 bits per heavy atom. The molecule has 2 N–H and O–H groups in total. The Hall–Kier alpha value is -5.35. The molecule has 0 bridgehead atoms. The topological polar surface area (TPSA) is 151 Å². The van der Waals surface area contributed by atoms with Gasteiger partial charge in [0, 0.05) is 11.9 Å². The zero-order valence-electron chi connectivity index (χ0n) is 24.5. The highest BCUT2D eigenvalue weighted by atomic mass is 32.2. The fourth-order valence-electron chi connectivity index (χ4n) is 3.66. The summed E-state index contributed by atoms with van der Waals surface area (Å²) in [5.74, 6) is 6.04. The number of aromatic nitrogens is 3. The quantitative estimate of drug-likeness (QED) is 0.205. The predicted molar refractivity (Wildman–Crippen MR) is 164 cm³/mol. The van der Waals surface area contributed by atoms with Crippen LogP contribution in [0.15, 0.2) is 78.0 Å². The number of para-hydroxylation sites is 3. The normalized spacial score (nSPS) is 10.8. The third kappa shape index (κ3) is 8.59. The van der Waals surface area contributed by atoms with Gasteiger partial charge >= 0.3 is 6.09 Å². The third-order valence-electron chi connectivity index (χ3n) is 5.86. The van der Waals surface area contributed by atoms with E-state index < -0.39 is 16.1 Å². The summed E-state index contributed by atoms with van der Waals surface area (Å²) in [5, 5.41) is 2.38. The molecule has 44 heavy (non-hydrogen) atoms. The number of hydrogen-bond donors (Lipinski definition) is 2. The first-order chi connectivity index (χ1) is 21.2. The molecular weight excluding hydrogens is 586 g/mol. The molecule has 1 amide bonds. The Bertz CT molecular complexity index is 1750. The first-order valence-electron chi connectivity index (χ1n) is 13.4. The minimum absolute atomic E-state index is 0.0822. The molecule has 0 atom stereocenters. The SMILES string of the molecule is COc1ccccc1Oc1c(NS(=O)(=O)c2ccc(C(C)C)cn2)nc(C)nc1OCC#CCOC(=O)Nc1ccccc1. The van der Waals surface area contributed by atoms with Gasteiger partial charge in [0.1, 0.15) is 5.82 Å². The molecule has 13 heteroatoms. The van der Waals surface area contributed by atoms with E-state index in [9.17, 15) is 13.2 Å². The van der Waals surface area contributed by atoms with E-state index in [0.717, 1.165) is 5.56 Å². The highest BCUT2D eigenvalue weighted by Gasteiger charge is 2.25. The minimum Gasteiger partial charge on any atom is -0.493 e. The van der Waals surface area contributed by atoms with Gasteiger partial charge in [-0.1, -0.05) is 62.1 Å². The minimum atomic E-state index is -4.18. The molecule has 0 radical (unpaired) electrons. The first kappa shape index (κ1) is 31.6. The van der Waals surface area contributed by atoms with Gasteiger partial charge in [-0.3, -0.25) is 10.0 Å². The summed E-state index contributed by atoms with van der Waals surface area (Å²) in [5.41, 5.74) is 1.48. The number of ether oxygens (including phenoxy) is 4. The maximum absolute atomic E-state index is 13.3. The van der Waals surface area contributed by atoms with Crippen LogP contribution in [-0.4, -0.2) is 49.8 Å². The van der Waals surface area contributed by atoms with Gasteiger partial charge in [-0.2, -0.15) is 13.4 Å². The standard InChI is InChI=1S/C31H31N5O7S/c1-21(2)23-16-17-27(32-20-23)44(38,39)36-29-28(43-26-15-9-8-14-25(26)40-4)30(34-22(3)33-29)41-18-10-11-19-42-31(37)35-24-12-6-5-7-13-24/h5-9,12-17,20-21H,18-19H2,1-4H3,(H,35,37)(H,33,34,36). The lowest BCUT2D eigenvalue weighted by Gasteiger charge is -2.17. The highest BCUT2D eigenvalue weighted by Crippen LogP contribution is 2.40. The first-order valence-corrected chi connectivity index (χ1v) is 14.9. The Labute approximate surface area is 255 Å². The molecule has 2 aromatic carbocycles. The summed E-state index contributed by atoms with van der Waals surface area (Å²) in [6.45, 7) is 5.15. The molecule has 12 nitrogen and oxygen atoms in total. The molecule has 0 fully saturated rings. The van der Waals surface area contributed by atoms with Crippen LogP contribution in [0.3, 0.4) is 0 Å². The molecule has 4 rings (SSSR count). The van der Waals surface area contributed by atoms with Crippen molar-refractivity contribution in [3.05, 3.63) is 84.3 Å². The number of hydrogen-bond acceptors (Lipinski definition) is 10. The molecule has 4 aromatic rings. The van der Waals surface area contributed by atoms with Crippen LogP contribution >= 0.6 is 0 Å². The molecule has 0 saturated carbocycles. The van der Waals surface area contributed by atoms with Crippen molar-refractivity contribution in [1.82, 2.24) is 15.0 Å². The van der Waals surface area contributed by atoms with Crippen LogP contribution in [0.5, 0.6) is 23.1 Å². The van der Waals surface area contributed by atoms with Crippen LogP contribution in [-0.2, 0) is 14.8 Å². The fraction of sp³-hybridized carbons (Fsp3) is 0.226. The van der Waals surface area contributed by atoms with Crippen molar-refractivity contribution in [2.24, 2.45) is 0 Å². The van der Waals surface area contributed by atoms with Crippen LogP contribution in [0.4, 0.5) is 16.3 Å². The van der Waals surface area contributed by atoms with Gasteiger partial charge in [0.15, 0.2) is 35.6 Å². The van der Waals surface area contributed by atoms with Crippen LogP contribution in [0.1, 0.15) is 31.2 Å². The highest BCUT2D eigenvalue weighted by molar-refractivity contribution is 7.92. The van der Waals surface area contributed by atoms with E-state index in [1.165, 1.54) is 19.4 Å². The molecule has 228 valence electrons. The third-order valence-corrected chi connectivity index (χ3v) is 7.12. The van der Waals surface area contributed by atoms with Gasteiger partial charge in [-0.25, -0.2) is 14.8 Å². The van der Waals surface area contributed by atoms with Gasteiger partial charge in [0.25, 0.3) is 15.9 Å². The van der Waals surface area contributed by atoms with Crippen molar-refractivity contribution in [1.29, 1.82) is 0 Å². The number of anilines is 2. The van der Waals surface area contributed by atoms with Gasteiger partial charge in [0.05, 0.1) is 7.11 Å². The lowest BCUT2D eigenvalue weighted by Crippen LogP contribution is -2.17. The van der Waals surface area contributed by atoms with E-state index in [-0.39, 0.29) is 53.2 Å². The van der Waals surface area contributed by atoms with Crippen LogP contribution in [0.2, 0.25) is 0 Å². The smallest absolute Gasteiger partial charge is 0.412 e. The van der Waals surface area contributed by atoms with Crippen molar-refractivity contribution < 1.29 is 32.2 Å². The van der Waals surface area contributed by atoms with E-state index in [4.69, 9.17) is 18.9 Å². The number of nitrogens with zero attached hydrogens (tertiary/aromatic N) is 3. The zero-order chi connectivity index (χ0) is 31.5.